The predicted octanol–water partition coefficient (Wildman–Crippen LogP) is 3.81. The van der Waals surface area contributed by atoms with Crippen molar-refractivity contribution >= 4 is 40.8 Å². The molecule has 0 spiro atoms. The molecule has 0 amide bonds. The van der Waals surface area contributed by atoms with Gasteiger partial charge < -0.3 is 21.2 Å². The number of piperidine rings is 1. The van der Waals surface area contributed by atoms with E-state index in [1.807, 2.05) is 0 Å². The quantitative estimate of drug-likeness (QED) is 0.496. The largest absolute Gasteiger partial charge is 0.416 e. The number of pyridine rings is 1. The Morgan fingerprint density at radius 2 is 1.87 bits per heavy atom. The second-order valence-corrected chi connectivity index (χ2v) is 7.86. The third kappa shape index (κ3) is 4.71. The van der Waals surface area contributed by atoms with Gasteiger partial charge in [0.25, 0.3) is 11.8 Å². The van der Waals surface area contributed by atoms with Crippen LogP contribution < -0.4 is 16.8 Å². The maximum Gasteiger partial charge on any atom is 0.251 e. The van der Waals surface area contributed by atoms with Crippen molar-refractivity contribution in [2.24, 2.45) is 10.7 Å². The number of rotatable bonds is 5. The Morgan fingerprint density at radius 3 is 2.58 bits per heavy atom. The lowest BCUT2D eigenvalue weighted by atomic mass is 10.1. The minimum atomic E-state index is 0.192. The molecule has 10 heteroatoms. The van der Waals surface area contributed by atoms with Crippen LogP contribution in [0.3, 0.4) is 0 Å². The zero-order valence-corrected chi connectivity index (χ0v) is 18.1. The lowest BCUT2D eigenvalue weighted by Gasteiger charge is -2.18. The molecular weight excluding hydrogens is 437 g/mol. The number of anilines is 1. The molecule has 1 aliphatic heterocycles. The van der Waals surface area contributed by atoms with E-state index >= 15 is 0 Å². The number of nitrogens with zero attached hydrogens (tertiary/aromatic N) is 4. The first kappa shape index (κ1) is 21.3. The zero-order chi connectivity index (χ0) is 21.8. The second-order valence-electron chi connectivity index (χ2n) is 7.05. The minimum Gasteiger partial charge on any atom is -0.416 e. The van der Waals surface area contributed by atoms with Crippen LogP contribution in [-0.2, 0) is 0 Å². The van der Waals surface area contributed by atoms with Crippen molar-refractivity contribution in [1.29, 1.82) is 0 Å². The van der Waals surface area contributed by atoms with Crippen LogP contribution in [0.5, 0.6) is 0 Å². The molecule has 1 aliphatic rings. The molecule has 1 fully saturated rings. The fourth-order valence-corrected chi connectivity index (χ4v) is 3.85. The summed E-state index contributed by atoms with van der Waals surface area (Å²) >= 11 is 12.5. The van der Waals surface area contributed by atoms with Crippen LogP contribution in [-0.4, -0.2) is 40.5 Å². The van der Waals surface area contributed by atoms with Gasteiger partial charge in [0.05, 0.1) is 27.2 Å². The van der Waals surface area contributed by atoms with Gasteiger partial charge in [-0.2, -0.15) is 0 Å². The highest BCUT2D eigenvalue weighted by atomic mass is 35.5. The van der Waals surface area contributed by atoms with Gasteiger partial charge in [0.2, 0.25) is 0 Å². The van der Waals surface area contributed by atoms with Crippen LogP contribution in [0.25, 0.3) is 28.5 Å². The molecule has 0 aliphatic carbocycles. The van der Waals surface area contributed by atoms with Crippen LogP contribution in [0.4, 0.5) is 5.82 Å². The minimum absolute atomic E-state index is 0.192. The average molecular weight is 458 g/mol. The van der Waals surface area contributed by atoms with Gasteiger partial charge in [0.15, 0.2) is 0 Å². The van der Waals surface area contributed by atoms with Gasteiger partial charge in [0.1, 0.15) is 5.82 Å². The first-order valence-corrected chi connectivity index (χ1v) is 10.5. The Morgan fingerprint density at radius 1 is 1.16 bits per heavy atom. The summed E-state index contributed by atoms with van der Waals surface area (Å²) < 4.78 is 5.82. The van der Waals surface area contributed by atoms with E-state index in [1.165, 1.54) is 6.20 Å². The SMILES string of the molecule is NC=C(C=NC1CCNCC1)c1cnc(N)c(-c2nnc(-c3c(Cl)cccc3Cl)o2)c1. The van der Waals surface area contributed by atoms with Crippen molar-refractivity contribution in [3.8, 4) is 22.9 Å². The summed E-state index contributed by atoms with van der Waals surface area (Å²) in [5.41, 5.74) is 14.3. The van der Waals surface area contributed by atoms with Gasteiger partial charge in [-0.25, -0.2) is 4.98 Å². The van der Waals surface area contributed by atoms with Crippen LogP contribution in [0.15, 0.2) is 46.1 Å². The van der Waals surface area contributed by atoms with Crippen molar-refractivity contribution in [2.75, 3.05) is 18.8 Å². The number of halogens is 2. The normalized spacial score (nSPS) is 15.6. The molecule has 2 aromatic heterocycles. The van der Waals surface area contributed by atoms with E-state index in [-0.39, 0.29) is 23.6 Å². The summed E-state index contributed by atoms with van der Waals surface area (Å²) in [6.45, 7) is 1.93. The first-order chi connectivity index (χ1) is 15.1. The highest BCUT2D eigenvalue weighted by Gasteiger charge is 2.19. The van der Waals surface area contributed by atoms with Crippen LogP contribution in [0, 0.1) is 0 Å². The number of allylic oxidation sites excluding steroid dienone is 1. The molecule has 1 aromatic carbocycles. The van der Waals surface area contributed by atoms with Gasteiger partial charge in [-0.05, 0) is 44.1 Å². The monoisotopic (exact) mass is 457 g/mol. The van der Waals surface area contributed by atoms with E-state index in [0.717, 1.165) is 37.1 Å². The van der Waals surface area contributed by atoms with Crippen molar-refractivity contribution in [1.82, 2.24) is 20.5 Å². The number of nitrogen functional groups attached to an aromatic ring is 1. The van der Waals surface area contributed by atoms with Gasteiger partial charge >= 0.3 is 0 Å². The van der Waals surface area contributed by atoms with Gasteiger partial charge in [-0.1, -0.05) is 29.3 Å². The summed E-state index contributed by atoms with van der Waals surface area (Å²) in [7, 11) is 0. The first-order valence-electron chi connectivity index (χ1n) is 9.76. The number of hydrogen-bond donors (Lipinski definition) is 3. The summed E-state index contributed by atoms with van der Waals surface area (Å²) in [6.07, 6.45) is 6.89. The van der Waals surface area contributed by atoms with Gasteiger partial charge in [-0.15, -0.1) is 10.2 Å². The molecule has 8 nitrogen and oxygen atoms in total. The Balaban J connectivity index is 1.64. The van der Waals surface area contributed by atoms with E-state index in [1.54, 1.807) is 36.7 Å². The van der Waals surface area contributed by atoms with Crippen molar-refractivity contribution in [3.63, 3.8) is 0 Å². The molecule has 4 rings (SSSR count). The summed E-state index contributed by atoms with van der Waals surface area (Å²) in [6, 6.07) is 7.20. The molecule has 31 heavy (non-hydrogen) atoms. The van der Waals surface area contributed by atoms with E-state index in [4.69, 9.17) is 39.1 Å². The topological polar surface area (TPSA) is 128 Å². The van der Waals surface area contributed by atoms with Crippen LogP contribution in [0.1, 0.15) is 18.4 Å². The zero-order valence-electron chi connectivity index (χ0n) is 16.6. The van der Waals surface area contributed by atoms with E-state index < -0.39 is 0 Å². The van der Waals surface area contributed by atoms with Crippen molar-refractivity contribution in [2.45, 2.75) is 18.9 Å². The molecule has 0 bridgehead atoms. The average Bonchev–Trinajstić information content (AvgIpc) is 3.25. The number of aromatic nitrogens is 3. The lowest BCUT2D eigenvalue weighted by molar-refractivity contribution is 0.461. The van der Waals surface area contributed by atoms with E-state index in [9.17, 15) is 0 Å². The highest BCUT2D eigenvalue weighted by molar-refractivity contribution is 6.38. The summed E-state index contributed by atoms with van der Waals surface area (Å²) in [4.78, 5) is 8.93. The number of benzene rings is 1. The van der Waals surface area contributed by atoms with Crippen molar-refractivity contribution < 1.29 is 4.42 Å². The molecule has 0 radical (unpaired) electrons. The molecule has 160 valence electrons. The molecule has 0 atom stereocenters. The second kappa shape index (κ2) is 9.47. The lowest BCUT2D eigenvalue weighted by Crippen LogP contribution is -2.29. The predicted molar refractivity (Wildman–Crippen MR) is 124 cm³/mol. The van der Waals surface area contributed by atoms with Crippen LogP contribution >= 0.6 is 23.2 Å². The van der Waals surface area contributed by atoms with Crippen molar-refractivity contribution in [3.05, 3.63) is 52.3 Å². The molecular formula is C21H21Cl2N7O. The fraction of sp³-hybridized carbons (Fsp3) is 0.238. The Hall–Kier alpha value is -2.94. The number of nitrogens with one attached hydrogen (secondary N) is 1. The Labute approximate surface area is 189 Å². The van der Waals surface area contributed by atoms with Gasteiger partial charge in [-0.3, -0.25) is 4.99 Å². The van der Waals surface area contributed by atoms with Gasteiger partial charge in [0, 0.05) is 29.7 Å². The molecule has 3 aromatic rings. The molecule has 5 N–H and O–H groups in total. The number of aliphatic imine (C=N–C) groups is 1. The molecule has 1 saturated heterocycles. The maximum absolute atomic E-state index is 6.25. The van der Waals surface area contributed by atoms with Crippen LogP contribution in [0.2, 0.25) is 10.0 Å². The summed E-state index contributed by atoms with van der Waals surface area (Å²) in [5.74, 6) is 0.637. The summed E-state index contributed by atoms with van der Waals surface area (Å²) in [5, 5.41) is 12.3. The van der Waals surface area contributed by atoms with E-state index in [2.05, 4.69) is 25.5 Å². The van der Waals surface area contributed by atoms with E-state index in [0.29, 0.717) is 21.2 Å². The third-order valence-corrected chi connectivity index (χ3v) is 5.63. The number of nitrogens with two attached hydrogens (primary N) is 2. The standard InChI is InChI=1S/C21H21Cl2N7O/c22-16-2-1-3-17(23)18(16)21-30-29-20(31-21)15-8-12(10-28-19(15)25)13(9-24)11-27-14-4-6-26-7-5-14/h1-3,8-11,14,26H,4-7,24H2,(H2,25,28). The highest BCUT2D eigenvalue weighted by Crippen LogP contribution is 2.36. The molecule has 0 unspecified atom stereocenters. The Bertz CT molecular complexity index is 1120. The number of hydrogen-bond acceptors (Lipinski definition) is 8. The molecule has 0 saturated carbocycles. The third-order valence-electron chi connectivity index (χ3n) is 5.00. The maximum atomic E-state index is 6.25. The molecule has 3 heterocycles. The smallest absolute Gasteiger partial charge is 0.251 e. The fourth-order valence-electron chi connectivity index (χ4n) is 3.29. The Kier molecular flexibility index (Phi) is 6.50.